The molecule has 218 valence electrons. The van der Waals surface area contributed by atoms with E-state index in [0.29, 0.717) is 21.6 Å². The number of fused-ring (bicyclic) bond motifs is 1. The van der Waals surface area contributed by atoms with Crippen LogP contribution in [0, 0.1) is 0 Å². The largest absolute Gasteiger partial charge is 0.508 e. The lowest BCUT2D eigenvalue weighted by Crippen LogP contribution is -2.30. The SMILES string of the molecule is CC(NC(=O)Cn1cc(-c2ccc(Cl)cc2Cl)nc1/C=C/c1ccc(-c2ccc(O)cc2)cc1)c1cccc2ccccc12. The summed E-state index contributed by atoms with van der Waals surface area (Å²) in [5, 5.41) is 16.0. The Labute approximate surface area is 266 Å². The summed E-state index contributed by atoms with van der Waals surface area (Å²) in [5.41, 5.74) is 5.47. The molecule has 0 bridgehead atoms. The first kappa shape index (κ1) is 29.2. The van der Waals surface area contributed by atoms with Crippen molar-refractivity contribution in [3.05, 3.63) is 142 Å². The number of aromatic nitrogens is 2. The van der Waals surface area contributed by atoms with Gasteiger partial charge in [-0.1, -0.05) is 108 Å². The fraction of sp³-hybridized carbons (Fsp3) is 0.0811. The van der Waals surface area contributed by atoms with Gasteiger partial charge < -0.3 is 15.0 Å². The van der Waals surface area contributed by atoms with Crippen LogP contribution in [0.1, 0.15) is 29.9 Å². The van der Waals surface area contributed by atoms with E-state index in [0.717, 1.165) is 38.6 Å². The van der Waals surface area contributed by atoms with E-state index >= 15 is 0 Å². The van der Waals surface area contributed by atoms with Gasteiger partial charge in [0.25, 0.3) is 0 Å². The Balaban J connectivity index is 1.26. The zero-order chi connectivity index (χ0) is 30.6. The van der Waals surface area contributed by atoms with Crippen LogP contribution in [0.4, 0.5) is 0 Å². The molecule has 0 aliphatic rings. The van der Waals surface area contributed by atoms with Crippen LogP contribution in [0.2, 0.25) is 10.0 Å². The van der Waals surface area contributed by atoms with Crippen molar-refractivity contribution in [3.8, 4) is 28.1 Å². The van der Waals surface area contributed by atoms with Gasteiger partial charge in [-0.25, -0.2) is 4.98 Å². The summed E-state index contributed by atoms with van der Waals surface area (Å²) in [6.07, 6.45) is 5.69. The average Bonchev–Trinajstić information content (AvgIpc) is 3.42. The lowest BCUT2D eigenvalue weighted by atomic mass is 10.00. The summed E-state index contributed by atoms with van der Waals surface area (Å²) in [4.78, 5) is 18.2. The molecule has 1 unspecified atom stereocenters. The molecule has 7 heteroatoms. The lowest BCUT2D eigenvalue weighted by Gasteiger charge is -2.17. The number of hydrogen-bond acceptors (Lipinski definition) is 3. The van der Waals surface area contributed by atoms with Crippen molar-refractivity contribution in [1.82, 2.24) is 14.9 Å². The van der Waals surface area contributed by atoms with Crippen molar-refractivity contribution < 1.29 is 9.90 Å². The molecule has 0 saturated heterocycles. The predicted molar refractivity (Wildman–Crippen MR) is 181 cm³/mol. The predicted octanol–water partition coefficient (Wildman–Crippen LogP) is 9.43. The number of amides is 1. The fourth-order valence-electron chi connectivity index (χ4n) is 5.28. The van der Waals surface area contributed by atoms with Crippen molar-refractivity contribution in [2.45, 2.75) is 19.5 Å². The number of carbonyl (C=O) groups is 1. The molecule has 44 heavy (non-hydrogen) atoms. The quantitative estimate of drug-likeness (QED) is 0.179. The molecule has 0 saturated carbocycles. The van der Waals surface area contributed by atoms with Gasteiger partial charge in [0.1, 0.15) is 18.1 Å². The molecule has 0 radical (unpaired) electrons. The Bertz CT molecular complexity index is 1970. The molecular formula is C37H29Cl2N3O2. The van der Waals surface area contributed by atoms with Gasteiger partial charge in [-0.05, 0) is 76.4 Å². The molecule has 2 N–H and O–H groups in total. The summed E-state index contributed by atoms with van der Waals surface area (Å²) in [5.74, 6) is 0.714. The lowest BCUT2D eigenvalue weighted by molar-refractivity contribution is -0.122. The highest BCUT2D eigenvalue weighted by Crippen LogP contribution is 2.31. The molecule has 1 atom stereocenters. The van der Waals surface area contributed by atoms with E-state index in [9.17, 15) is 9.90 Å². The van der Waals surface area contributed by atoms with Gasteiger partial charge in [-0.3, -0.25) is 4.79 Å². The Morgan fingerprint density at radius 3 is 2.34 bits per heavy atom. The van der Waals surface area contributed by atoms with E-state index in [1.807, 2.05) is 96.6 Å². The monoisotopic (exact) mass is 617 g/mol. The summed E-state index contributed by atoms with van der Waals surface area (Å²) >= 11 is 12.7. The first-order valence-corrected chi connectivity index (χ1v) is 15.0. The maximum atomic E-state index is 13.4. The second kappa shape index (κ2) is 12.8. The molecule has 5 nitrogen and oxygen atoms in total. The first-order chi connectivity index (χ1) is 21.3. The van der Waals surface area contributed by atoms with E-state index < -0.39 is 0 Å². The molecule has 0 fully saturated rings. The number of benzene rings is 5. The minimum absolute atomic E-state index is 0.0762. The second-order valence-corrected chi connectivity index (χ2v) is 11.4. The summed E-state index contributed by atoms with van der Waals surface area (Å²) in [6.45, 7) is 2.07. The van der Waals surface area contributed by atoms with E-state index in [1.165, 1.54) is 0 Å². The van der Waals surface area contributed by atoms with Gasteiger partial charge in [0, 0.05) is 16.8 Å². The summed E-state index contributed by atoms with van der Waals surface area (Å²) < 4.78 is 1.83. The van der Waals surface area contributed by atoms with Gasteiger partial charge in [-0.2, -0.15) is 0 Å². The van der Waals surface area contributed by atoms with Crippen LogP contribution >= 0.6 is 23.2 Å². The molecule has 0 aliphatic heterocycles. The van der Waals surface area contributed by atoms with E-state index in [2.05, 4.69) is 23.5 Å². The Morgan fingerprint density at radius 2 is 1.59 bits per heavy atom. The molecule has 6 rings (SSSR count). The van der Waals surface area contributed by atoms with Crippen LogP contribution in [0.5, 0.6) is 5.75 Å². The highest BCUT2D eigenvalue weighted by atomic mass is 35.5. The third-order valence-electron chi connectivity index (χ3n) is 7.53. The van der Waals surface area contributed by atoms with Crippen molar-refractivity contribution in [3.63, 3.8) is 0 Å². The van der Waals surface area contributed by atoms with Crippen LogP contribution in [-0.2, 0) is 11.3 Å². The van der Waals surface area contributed by atoms with Crippen LogP contribution < -0.4 is 5.32 Å². The van der Waals surface area contributed by atoms with Gasteiger partial charge in [0.2, 0.25) is 5.91 Å². The minimum Gasteiger partial charge on any atom is -0.508 e. The van der Waals surface area contributed by atoms with E-state index in [-0.39, 0.29) is 24.2 Å². The Kier molecular flexibility index (Phi) is 8.51. The van der Waals surface area contributed by atoms with Crippen molar-refractivity contribution in [2.24, 2.45) is 0 Å². The van der Waals surface area contributed by atoms with Gasteiger partial charge in [-0.15, -0.1) is 0 Å². The number of nitrogens with zero attached hydrogens (tertiary/aromatic N) is 2. The van der Waals surface area contributed by atoms with E-state index in [4.69, 9.17) is 28.2 Å². The zero-order valence-corrected chi connectivity index (χ0v) is 25.4. The van der Waals surface area contributed by atoms with Crippen molar-refractivity contribution >= 4 is 52.0 Å². The average molecular weight is 619 g/mol. The fourth-order valence-corrected chi connectivity index (χ4v) is 5.78. The van der Waals surface area contributed by atoms with Gasteiger partial charge in [0.15, 0.2) is 0 Å². The standard InChI is InChI=1S/C37H29Cl2N3O2/c1-24(31-8-4-6-28-5-2-3-7-32(28)31)40-37(44)23-42-22-35(33-19-16-29(38)21-34(33)39)41-36(42)20-11-25-9-12-26(13-10-25)27-14-17-30(43)18-15-27/h2-22,24,43H,23H2,1H3,(H,40,44)/b20-11+. The number of imidazole rings is 1. The maximum Gasteiger partial charge on any atom is 0.240 e. The number of hydrogen-bond donors (Lipinski definition) is 2. The molecule has 1 aromatic heterocycles. The van der Waals surface area contributed by atoms with Crippen LogP contribution in [0.3, 0.4) is 0 Å². The summed E-state index contributed by atoms with van der Waals surface area (Å²) in [7, 11) is 0. The number of nitrogens with one attached hydrogen (secondary N) is 1. The Morgan fingerprint density at radius 1 is 0.886 bits per heavy atom. The Hall–Kier alpha value is -4.84. The third-order valence-corrected chi connectivity index (χ3v) is 8.08. The molecule has 0 spiro atoms. The highest BCUT2D eigenvalue weighted by Gasteiger charge is 2.16. The number of carbonyl (C=O) groups excluding carboxylic acids is 1. The normalized spacial score (nSPS) is 12.1. The number of rotatable bonds is 8. The van der Waals surface area contributed by atoms with Gasteiger partial charge in [0.05, 0.1) is 16.8 Å². The molecule has 1 heterocycles. The number of phenolic OH excluding ortho intramolecular Hbond substituents is 1. The highest BCUT2D eigenvalue weighted by molar-refractivity contribution is 6.36. The number of phenols is 1. The minimum atomic E-state index is -0.187. The van der Waals surface area contributed by atoms with E-state index in [1.54, 1.807) is 24.3 Å². The third kappa shape index (κ3) is 6.55. The van der Waals surface area contributed by atoms with Crippen LogP contribution in [0.15, 0.2) is 115 Å². The summed E-state index contributed by atoms with van der Waals surface area (Å²) in [6, 6.07) is 34.6. The van der Waals surface area contributed by atoms with Gasteiger partial charge >= 0.3 is 0 Å². The molecule has 1 amide bonds. The zero-order valence-electron chi connectivity index (χ0n) is 23.9. The van der Waals surface area contributed by atoms with Crippen molar-refractivity contribution in [1.29, 1.82) is 0 Å². The van der Waals surface area contributed by atoms with Crippen molar-refractivity contribution in [2.75, 3.05) is 0 Å². The topological polar surface area (TPSA) is 67.2 Å². The van der Waals surface area contributed by atoms with Crippen LogP contribution in [-0.4, -0.2) is 20.6 Å². The smallest absolute Gasteiger partial charge is 0.240 e. The first-order valence-electron chi connectivity index (χ1n) is 14.2. The molecule has 6 aromatic rings. The molecule has 0 aliphatic carbocycles. The van der Waals surface area contributed by atoms with Crippen LogP contribution in [0.25, 0.3) is 45.3 Å². The molecular weight excluding hydrogens is 589 g/mol. The number of halogens is 2. The second-order valence-electron chi connectivity index (χ2n) is 10.6. The molecule has 5 aromatic carbocycles. The maximum absolute atomic E-state index is 13.4. The number of aromatic hydroxyl groups is 1.